The minimum atomic E-state index is 0.0602. The highest BCUT2D eigenvalue weighted by Crippen LogP contribution is 2.67. The third-order valence-corrected chi connectivity index (χ3v) is 9.87. The lowest BCUT2D eigenvalue weighted by Crippen LogP contribution is -2.51. The molecule has 1 aromatic carbocycles. The zero-order valence-corrected chi connectivity index (χ0v) is 19.7. The first-order valence-corrected chi connectivity index (χ1v) is 12.3. The van der Waals surface area contributed by atoms with Crippen LogP contribution in [0.3, 0.4) is 0 Å². The lowest BCUT2D eigenvalue weighted by Gasteiger charge is -2.58. The summed E-state index contributed by atoms with van der Waals surface area (Å²) in [6.07, 6.45) is 11.7. The Morgan fingerprint density at radius 3 is 2.52 bits per heavy atom. The number of hydrogen-bond acceptors (Lipinski definition) is 2. The van der Waals surface area contributed by atoms with Crippen molar-refractivity contribution in [2.24, 2.45) is 34.5 Å². The van der Waals surface area contributed by atoms with Gasteiger partial charge in [-0.1, -0.05) is 43.2 Å². The van der Waals surface area contributed by atoms with Gasteiger partial charge < -0.3 is 0 Å². The zero-order chi connectivity index (χ0) is 22.0. The first-order valence-electron chi connectivity index (χ1n) is 11.9. The minimum absolute atomic E-state index is 0.0602. The van der Waals surface area contributed by atoms with E-state index in [1.807, 2.05) is 30.3 Å². The molecule has 0 aromatic heterocycles. The van der Waals surface area contributed by atoms with Crippen molar-refractivity contribution in [2.45, 2.75) is 65.7 Å². The molecule has 3 fully saturated rings. The van der Waals surface area contributed by atoms with E-state index in [9.17, 15) is 9.59 Å². The summed E-state index contributed by atoms with van der Waals surface area (Å²) in [5, 5.41) is 0.715. The molecule has 1 aromatic rings. The quantitative estimate of drug-likeness (QED) is 0.464. The lowest BCUT2D eigenvalue weighted by atomic mass is 9.46. The molecule has 4 aliphatic rings. The maximum absolute atomic E-state index is 13.0. The molecule has 0 heterocycles. The molecular formula is C28H33ClO2. The van der Waals surface area contributed by atoms with Gasteiger partial charge in [-0.3, -0.25) is 9.59 Å². The number of Topliss-reactive ketones (excluding diaryl/α,β-unsaturated/α-hetero) is 1. The molecule has 31 heavy (non-hydrogen) atoms. The molecule has 4 aliphatic carbocycles. The number of halogens is 1. The summed E-state index contributed by atoms with van der Waals surface area (Å²) in [5.41, 5.74) is 3.58. The molecule has 0 spiro atoms. The summed E-state index contributed by atoms with van der Waals surface area (Å²) in [4.78, 5) is 25.3. The van der Waals surface area contributed by atoms with Gasteiger partial charge in [0.25, 0.3) is 0 Å². The summed E-state index contributed by atoms with van der Waals surface area (Å²) < 4.78 is 0. The van der Waals surface area contributed by atoms with Crippen LogP contribution in [0.1, 0.15) is 71.3 Å². The van der Waals surface area contributed by atoms with Crippen LogP contribution >= 0.6 is 11.6 Å². The van der Waals surface area contributed by atoms with Crippen LogP contribution in [-0.2, 0) is 9.59 Å². The summed E-state index contributed by atoms with van der Waals surface area (Å²) >= 11 is 6.04. The van der Waals surface area contributed by atoms with Crippen molar-refractivity contribution in [2.75, 3.05) is 0 Å². The van der Waals surface area contributed by atoms with E-state index >= 15 is 0 Å². The van der Waals surface area contributed by atoms with Crippen LogP contribution < -0.4 is 0 Å². The Morgan fingerprint density at radius 1 is 1.06 bits per heavy atom. The molecule has 3 saturated carbocycles. The number of carbonyl (C=O) groups is 2. The summed E-state index contributed by atoms with van der Waals surface area (Å²) in [6, 6.07) is 7.74. The maximum atomic E-state index is 13.0. The van der Waals surface area contributed by atoms with Crippen LogP contribution in [-0.4, -0.2) is 11.6 Å². The Labute approximate surface area is 191 Å². The van der Waals surface area contributed by atoms with Crippen LogP contribution in [0.25, 0.3) is 6.08 Å². The number of carbonyl (C=O) groups excluding carboxylic acids is 2. The lowest BCUT2D eigenvalue weighted by molar-refractivity contribution is -0.128. The van der Waals surface area contributed by atoms with Gasteiger partial charge >= 0.3 is 0 Å². The first-order chi connectivity index (χ1) is 14.7. The van der Waals surface area contributed by atoms with Crippen molar-refractivity contribution >= 4 is 29.2 Å². The van der Waals surface area contributed by atoms with E-state index in [1.54, 1.807) is 6.92 Å². The SMILES string of the molecule is CC(=O)[C@H]1CC[C@H]2[C@@H]3CCC4=CC(=O)C(=Cc5ccc(Cl)cc5)C[C@]4(C)[C@H]3CC[C@]12C. The summed E-state index contributed by atoms with van der Waals surface area (Å²) in [5.74, 6) is 2.76. The van der Waals surface area contributed by atoms with Gasteiger partial charge in [-0.25, -0.2) is 0 Å². The van der Waals surface area contributed by atoms with Crippen molar-refractivity contribution in [3.8, 4) is 0 Å². The normalized spacial score (nSPS) is 40.7. The number of ketones is 2. The van der Waals surface area contributed by atoms with Gasteiger partial charge in [-0.15, -0.1) is 0 Å². The fraction of sp³-hybridized carbons (Fsp3) is 0.571. The monoisotopic (exact) mass is 436 g/mol. The molecule has 0 amide bonds. The van der Waals surface area contributed by atoms with E-state index in [1.165, 1.54) is 24.8 Å². The highest BCUT2D eigenvalue weighted by Gasteiger charge is 2.59. The van der Waals surface area contributed by atoms with E-state index < -0.39 is 0 Å². The number of rotatable bonds is 2. The molecule has 3 heteroatoms. The van der Waals surface area contributed by atoms with Crippen LogP contribution in [0, 0.1) is 34.5 Å². The molecule has 0 aliphatic heterocycles. The first kappa shape index (κ1) is 21.2. The van der Waals surface area contributed by atoms with Gasteiger partial charge in [0.2, 0.25) is 0 Å². The highest BCUT2D eigenvalue weighted by molar-refractivity contribution is 6.30. The fourth-order valence-corrected chi connectivity index (χ4v) is 8.22. The molecule has 0 saturated heterocycles. The Morgan fingerprint density at radius 2 is 1.81 bits per heavy atom. The minimum Gasteiger partial charge on any atom is -0.300 e. The molecule has 0 N–H and O–H groups in total. The van der Waals surface area contributed by atoms with Crippen molar-refractivity contribution in [3.63, 3.8) is 0 Å². The second-order valence-electron chi connectivity index (χ2n) is 11.0. The number of allylic oxidation sites excluding steroid dienone is 2. The standard InChI is InChI=1S/C28H33ClO2/c1-17(30)23-10-11-24-22-9-6-20-15-26(31)19(14-18-4-7-21(29)8-5-18)16-28(20,3)25(22)12-13-27(23,24)2/h4-5,7-8,14-15,22-25H,6,9-13,16H2,1-3H3/t22-,23+,24-,25-,27+,28-/m0/s1. The predicted octanol–water partition coefficient (Wildman–Crippen LogP) is 7.07. The maximum Gasteiger partial charge on any atom is 0.181 e. The van der Waals surface area contributed by atoms with E-state index in [4.69, 9.17) is 11.6 Å². The Hall–Kier alpha value is -1.67. The van der Waals surface area contributed by atoms with Crippen LogP contribution in [0.5, 0.6) is 0 Å². The van der Waals surface area contributed by atoms with Crippen LogP contribution in [0.2, 0.25) is 5.02 Å². The van der Waals surface area contributed by atoms with E-state index in [-0.39, 0.29) is 22.5 Å². The van der Waals surface area contributed by atoms with Gasteiger partial charge in [0.1, 0.15) is 5.78 Å². The molecule has 2 nitrogen and oxygen atoms in total. The molecule has 0 unspecified atom stereocenters. The van der Waals surface area contributed by atoms with Crippen molar-refractivity contribution in [1.82, 2.24) is 0 Å². The molecule has 6 atom stereocenters. The molecule has 0 radical (unpaired) electrons. The third kappa shape index (κ3) is 3.28. The van der Waals surface area contributed by atoms with Gasteiger partial charge in [-0.2, -0.15) is 0 Å². The topological polar surface area (TPSA) is 34.1 Å². The smallest absolute Gasteiger partial charge is 0.181 e. The van der Waals surface area contributed by atoms with Gasteiger partial charge in [-0.05, 0) is 110 Å². The summed E-state index contributed by atoms with van der Waals surface area (Å²) in [6.45, 7) is 6.61. The zero-order valence-electron chi connectivity index (χ0n) is 18.9. The fourth-order valence-electron chi connectivity index (χ4n) is 8.09. The third-order valence-electron chi connectivity index (χ3n) is 9.62. The Bertz CT molecular complexity index is 987. The highest BCUT2D eigenvalue weighted by atomic mass is 35.5. The van der Waals surface area contributed by atoms with Gasteiger partial charge in [0.15, 0.2) is 5.78 Å². The van der Waals surface area contributed by atoms with Crippen molar-refractivity contribution < 1.29 is 9.59 Å². The van der Waals surface area contributed by atoms with E-state index in [0.29, 0.717) is 28.6 Å². The Balaban J connectivity index is 1.47. The van der Waals surface area contributed by atoms with Crippen LogP contribution in [0.15, 0.2) is 41.5 Å². The van der Waals surface area contributed by atoms with Crippen LogP contribution in [0.4, 0.5) is 0 Å². The molecule has 0 bridgehead atoms. The largest absolute Gasteiger partial charge is 0.300 e. The molecule has 5 rings (SSSR count). The average molecular weight is 437 g/mol. The Kier molecular flexibility index (Phi) is 5.09. The average Bonchev–Trinajstić information content (AvgIpc) is 3.08. The van der Waals surface area contributed by atoms with Crippen molar-refractivity contribution in [1.29, 1.82) is 0 Å². The predicted molar refractivity (Wildman–Crippen MR) is 126 cm³/mol. The molecular weight excluding hydrogens is 404 g/mol. The molecule has 164 valence electrons. The van der Waals surface area contributed by atoms with E-state index in [0.717, 1.165) is 36.8 Å². The van der Waals surface area contributed by atoms with Gasteiger partial charge in [0.05, 0.1) is 0 Å². The summed E-state index contributed by atoms with van der Waals surface area (Å²) in [7, 11) is 0. The van der Waals surface area contributed by atoms with Gasteiger partial charge in [0, 0.05) is 16.5 Å². The van der Waals surface area contributed by atoms with E-state index in [2.05, 4.69) is 19.9 Å². The van der Waals surface area contributed by atoms with Crippen molar-refractivity contribution in [3.05, 3.63) is 52.1 Å². The number of fused-ring (bicyclic) bond motifs is 5. The second-order valence-corrected chi connectivity index (χ2v) is 11.5. The number of hydrogen-bond donors (Lipinski definition) is 0. The number of benzene rings is 1. The second kappa shape index (κ2) is 7.44.